The first-order valence-corrected chi connectivity index (χ1v) is 11.9. The molecular formula is C25H19ClN6S. The summed E-state index contributed by atoms with van der Waals surface area (Å²) in [6.07, 6.45) is 6.08. The van der Waals surface area contributed by atoms with E-state index in [2.05, 4.69) is 55.5 Å². The van der Waals surface area contributed by atoms with Crippen LogP contribution in [-0.2, 0) is 5.75 Å². The number of benzene rings is 2. The maximum absolute atomic E-state index is 6.16. The lowest BCUT2D eigenvalue weighted by atomic mass is 10.1. The van der Waals surface area contributed by atoms with Gasteiger partial charge in [-0.15, -0.1) is 10.2 Å². The minimum atomic E-state index is 0.681. The highest BCUT2D eigenvalue weighted by molar-refractivity contribution is 7.98. The van der Waals surface area contributed by atoms with E-state index < -0.39 is 0 Å². The molecule has 33 heavy (non-hydrogen) atoms. The van der Waals surface area contributed by atoms with Gasteiger partial charge in [0.1, 0.15) is 5.65 Å². The fourth-order valence-electron chi connectivity index (χ4n) is 4.03. The number of H-pyrrole nitrogens is 1. The number of halogens is 1. The molecule has 162 valence electrons. The van der Waals surface area contributed by atoms with Crippen LogP contribution in [0.1, 0.15) is 11.3 Å². The molecule has 6 aromatic rings. The number of para-hydroxylation sites is 1. The van der Waals surface area contributed by atoms with Crippen LogP contribution in [0.4, 0.5) is 0 Å². The first-order valence-electron chi connectivity index (χ1n) is 10.5. The van der Waals surface area contributed by atoms with E-state index in [0.29, 0.717) is 10.8 Å². The van der Waals surface area contributed by atoms with Crippen LogP contribution >= 0.6 is 23.4 Å². The fraction of sp³-hybridized carbons (Fsp3) is 0.0800. The first-order chi connectivity index (χ1) is 16.2. The van der Waals surface area contributed by atoms with Crippen molar-refractivity contribution in [3.63, 3.8) is 0 Å². The van der Waals surface area contributed by atoms with Gasteiger partial charge < -0.3 is 9.38 Å². The summed E-state index contributed by atoms with van der Waals surface area (Å²) in [4.78, 5) is 8.14. The van der Waals surface area contributed by atoms with E-state index in [9.17, 15) is 0 Å². The van der Waals surface area contributed by atoms with Crippen LogP contribution in [-0.4, -0.2) is 29.1 Å². The van der Waals surface area contributed by atoms with Gasteiger partial charge in [0.25, 0.3) is 0 Å². The van der Waals surface area contributed by atoms with Crippen LogP contribution in [0.5, 0.6) is 0 Å². The van der Waals surface area contributed by atoms with E-state index in [-0.39, 0.29) is 0 Å². The summed E-state index contributed by atoms with van der Waals surface area (Å²) in [5.74, 6) is 1.46. The number of hydrogen-bond donors (Lipinski definition) is 1. The molecule has 0 bridgehead atoms. The van der Waals surface area contributed by atoms with Crippen LogP contribution in [0.15, 0.2) is 84.4 Å². The van der Waals surface area contributed by atoms with Crippen molar-refractivity contribution >= 4 is 39.9 Å². The van der Waals surface area contributed by atoms with Crippen molar-refractivity contribution in [1.29, 1.82) is 0 Å². The van der Waals surface area contributed by atoms with Gasteiger partial charge in [-0.05, 0) is 48.9 Å². The predicted molar refractivity (Wildman–Crippen MR) is 133 cm³/mol. The molecule has 0 saturated carbocycles. The fourth-order valence-corrected chi connectivity index (χ4v) is 4.99. The number of aryl methyl sites for hydroxylation is 1. The molecule has 6 rings (SSSR count). The van der Waals surface area contributed by atoms with Crippen molar-refractivity contribution in [2.75, 3.05) is 0 Å². The van der Waals surface area contributed by atoms with Crippen LogP contribution in [0.25, 0.3) is 33.6 Å². The Balaban J connectivity index is 1.42. The number of nitrogens with zero attached hydrogens (tertiary/aromatic N) is 5. The van der Waals surface area contributed by atoms with Crippen molar-refractivity contribution in [2.45, 2.75) is 17.8 Å². The van der Waals surface area contributed by atoms with Crippen molar-refractivity contribution < 1.29 is 0 Å². The van der Waals surface area contributed by atoms with Gasteiger partial charge in [0.05, 0.1) is 5.69 Å². The van der Waals surface area contributed by atoms with Gasteiger partial charge in [0.15, 0.2) is 11.0 Å². The number of nitrogens with one attached hydrogen (secondary N) is 1. The Labute approximate surface area is 199 Å². The average Bonchev–Trinajstić information content (AvgIpc) is 3.55. The van der Waals surface area contributed by atoms with E-state index in [4.69, 9.17) is 16.6 Å². The molecule has 0 atom stereocenters. The van der Waals surface area contributed by atoms with E-state index in [0.717, 1.165) is 50.0 Å². The van der Waals surface area contributed by atoms with Crippen molar-refractivity contribution in [3.8, 4) is 17.1 Å². The van der Waals surface area contributed by atoms with Gasteiger partial charge in [0.2, 0.25) is 0 Å². The molecule has 0 aliphatic carbocycles. The SMILES string of the molecule is Cc1cccn2cc(CSc3nnc(-c4c[nH]c5ccccc45)n3-c3ccc(Cl)cc3)nc12. The summed E-state index contributed by atoms with van der Waals surface area (Å²) in [6, 6.07) is 20.1. The Bertz CT molecular complexity index is 1590. The lowest BCUT2D eigenvalue weighted by molar-refractivity contribution is 0.885. The van der Waals surface area contributed by atoms with Crippen LogP contribution < -0.4 is 0 Å². The summed E-state index contributed by atoms with van der Waals surface area (Å²) in [7, 11) is 0. The molecule has 0 aliphatic heterocycles. The number of thioether (sulfide) groups is 1. The highest BCUT2D eigenvalue weighted by atomic mass is 35.5. The summed E-state index contributed by atoms with van der Waals surface area (Å²) in [5.41, 5.74) is 6.15. The van der Waals surface area contributed by atoms with Crippen LogP contribution in [0, 0.1) is 6.92 Å². The second kappa shape index (κ2) is 8.10. The third-order valence-corrected chi connectivity index (χ3v) is 6.84. The number of hydrogen-bond acceptors (Lipinski definition) is 4. The number of pyridine rings is 1. The zero-order valence-corrected chi connectivity index (χ0v) is 19.3. The minimum absolute atomic E-state index is 0.681. The Kier molecular flexibility index (Phi) is 4.93. The Morgan fingerprint density at radius 2 is 1.85 bits per heavy atom. The molecule has 8 heteroatoms. The quantitative estimate of drug-likeness (QED) is 0.299. The van der Waals surface area contributed by atoms with E-state index in [1.165, 1.54) is 0 Å². The number of fused-ring (bicyclic) bond motifs is 2. The first kappa shape index (κ1) is 20.1. The van der Waals surface area contributed by atoms with Crippen molar-refractivity contribution in [3.05, 3.63) is 95.5 Å². The third-order valence-electron chi connectivity index (χ3n) is 5.63. The Hall–Kier alpha value is -3.55. The van der Waals surface area contributed by atoms with Crippen molar-refractivity contribution in [2.24, 2.45) is 0 Å². The lowest BCUT2D eigenvalue weighted by Gasteiger charge is -2.10. The summed E-state index contributed by atoms with van der Waals surface area (Å²) in [5, 5.41) is 11.7. The lowest BCUT2D eigenvalue weighted by Crippen LogP contribution is -1.99. The van der Waals surface area contributed by atoms with E-state index in [1.54, 1.807) is 11.8 Å². The van der Waals surface area contributed by atoms with E-state index in [1.807, 2.05) is 54.9 Å². The predicted octanol–water partition coefficient (Wildman–Crippen LogP) is 6.32. The molecule has 0 amide bonds. The number of rotatable bonds is 5. The van der Waals surface area contributed by atoms with Gasteiger partial charge in [-0.2, -0.15) is 0 Å². The van der Waals surface area contributed by atoms with Gasteiger partial charge in [-0.25, -0.2) is 4.98 Å². The summed E-state index contributed by atoms with van der Waals surface area (Å²) >= 11 is 7.78. The monoisotopic (exact) mass is 470 g/mol. The molecule has 4 heterocycles. The summed E-state index contributed by atoms with van der Waals surface area (Å²) < 4.78 is 4.14. The zero-order valence-electron chi connectivity index (χ0n) is 17.7. The zero-order chi connectivity index (χ0) is 22.4. The third kappa shape index (κ3) is 3.59. The number of aromatic amines is 1. The average molecular weight is 471 g/mol. The maximum atomic E-state index is 6.16. The molecule has 1 N–H and O–H groups in total. The van der Waals surface area contributed by atoms with Gasteiger partial charge in [-0.3, -0.25) is 4.57 Å². The summed E-state index contributed by atoms with van der Waals surface area (Å²) in [6.45, 7) is 2.07. The highest BCUT2D eigenvalue weighted by Crippen LogP contribution is 2.33. The largest absolute Gasteiger partial charge is 0.360 e. The highest BCUT2D eigenvalue weighted by Gasteiger charge is 2.19. The molecule has 6 nitrogen and oxygen atoms in total. The van der Waals surface area contributed by atoms with E-state index >= 15 is 0 Å². The normalized spacial score (nSPS) is 11.6. The Morgan fingerprint density at radius 1 is 1.00 bits per heavy atom. The molecule has 0 radical (unpaired) electrons. The number of aromatic nitrogens is 6. The second-order valence-electron chi connectivity index (χ2n) is 7.81. The topological polar surface area (TPSA) is 63.8 Å². The molecular weight excluding hydrogens is 452 g/mol. The molecule has 0 aliphatic rings. The van der Waals surface area contributed by atoms with Crippen molar-refractivity contribution in [1.82, 2.24) is 29.1 Å². The molecule has 0 fully saturated rings. The number of imidazole rings is 1. The maximum Gasteiger partial charge on any atom is 0.196 e. The second-order valence-corrected chi connectivity index (χ2v) is 9.19. The molecule has 0 unspecified atom stereocenters. The molecule has 2 aromatic carbocycles. The van der Waals surface area contributed by atoms with Gasteiger partial charge >= 0.3 is 0 Å². The van der Waals surface area contributed by atoms with Gasteiger partial charge in [-0.1, -0.05) is 47.6 Å². The minimum Gasteiger partial charge on any atom is -0.360 e. The molecule has 4 aromatic heterocycles. The smallest absolute Gasteiger partial charge is 0.196 e. The Morgan fingerprint density at radius 3 is 2.70 bits per heavy atom. The van der Waals surface area contributed by atoms with Crippen LogP contribution in [0.3, 0.4) is 0 Å². The van der Waals surface area contributed by atoms with Crippen LogP contribution in [0.2, 0.25) is 5.02 Å². The molecule has 0 spiro atoms. The van der Waals surface area contributed by atoms with Gasteiger partial charge in [0, 0.05) is 51.5 Å². The standard InChI is InChI=1S/C25H19ClN6S/c1-16-5-4-12-31-14-18(28-23(16)31)15-33-25-30-29-24(32(25)19-10-8-17(26)9-11-19)21-13-27-22-7-3-2-6-20(21)22/h2-14,27H,15H2,1H3. The molecule has 0 saturated heterocycles.